The molecule has 0 aliphatic heterocycles. The molecular formula is C10H20O. The lowest BCUT2D eigenvalue weighted by Gasteiger charge is -2.24. The summed E-state index contributed by atoms with van der Waals surface area (Å²) in [7, 11) is 0. The predicted molar refractivity (Wildman–Crippen MR) is 48.6 cm³/mol. The summed E-state index contributed by atoms with van der Waals surface area (Å²) >= 11 is 0. The van der Waals surface area contributed by atoms with Gasteiger partial charge in [-0.25, -0.2) is 0 Å². The van der Waals surface area contributed by atoms with Crippen LogP contribution in [-0.2, 0) is 4.79 Å². The van der Waals surface area contributed by atoms with E-state index >= 15 is 0 Å². The second-order valence-electron chi connectivity index (χ2n) is 3.57. The number of hydrogen-bond acceptors (Lipinski definition) is 1. The zero-order valence-electron chi connectivity index (χ0n) is 8.24. The van der Waals surface area contributed by atoms with Gasteiger partial charge in [-0.3, -0.25) is 4.79 Å². The van der Waals surface area contributed by atoms with E-state index in [9.17, 15) is 4.79 Å². The highest BCUT2D eigenvalue weighted by Gasteiger charge is 2.26. The van der Waals surface area contributed by atoms with Crippen molar-refractivity contribution in [2.45, 2.75) is 53.4 Å². The Morgan fingerprint density at radius 3 is 2.18 bits per heavy atom. The molecule has 0 heterocycles. The minimum absolute atomic E-state index is 0.0456. The van der Waals surface area contributed by atoms with Gasteiger partial charge in [-0.15, -0.1) is 0 Å². The van der Waals surface area contributed by atoms with Crippen molar-refractivity contribution in [3.63, 3.8) is 0 Å². The summed E-state index contributed by atoms with van der Waals surface area (Å²) in [6, 6.07) is 0. The molecule has 1 heteroatoms. The lowest BCUT2D eigenvalue weighted by atomic mass is 9.79. The molecule has 0 fully saturated rings. The number of carbonyl (C=O) groups excluding carboxylic acids is 1. The average Bonchev–Trinajstić information content (AvgIpc) is 2.00. The lowest BCUT2D eigenvalue weighted by molar-refractivity contribution is -0.126. The molecule has 0 aromatic rings. The summed E-state index contributed by atoms with van der Waals surface area (Å²) in [5.74, 6) is 0.341. The Kier molecular flexibility index (Phi) is 4.39. The van der Waals surface area contributed by atoms with Gasteiger partial charge in [0.1, 0.15) is 5.78 Å². The largest absolute Gasteiger partial charge is 0.299 e. The van der Waals surface area contributed by atoms with E-state index in [0.29, 0.717) is 5.78 Å². The monoisotopic (exact) mass is 156 g/mol. The summed E-state index contributed by atoms with van der Waals surface area (Å²) < 4.78 is 0. The second-order valence-corrected chi connectivity index (χ2v) is 3.57. The maximum atomic E-state index is 11.2. The Balaban J connectivity index is 3.99. The fraction of sp³-hybridized carbons (Fsp3) is 0.900. The van der Waals surface area contributed by atoms with Crippen LogP contribution in [0.1, 0.15) is 53.4 Å². The molecule has 0 N–H and O–H groups in total. The Labute approximate surface area is 70.2 Å². The summed E-state index contributed by atoms with van der Waals surface area (Å²) in [6.07, 6.45) is 4.38. The fourth-order valence-electron chi connectivity index (χ4n) is 1.17. The molecule has 0 aliphatic carbocycles. The first-order chi connectivity index (χ1) is 5.06. The molecule has 0 aliphatic rings. The van der Waals surface area contributed by atoms with E-state index in [2.05, 4.69) is 20.8 Å². The van der Waals surface area contributed by atoms with Gasteiger partial charge in [0.2, 0.25) is 0 Å². The number of ketones is 1. The minimum Gasteiger partial charge on any atom is -0.299 e. The molecule has 0 saturated heterocycles. The molecule has 0 amide bonds. The smallest absolute Gasteiger partial charge is 0.135 e. The van der Waals surface area contributed by atoms with Crippen LogP contribution in [0.25, 0.3) is 0 Å². The van der Waals surface area contributed by atoms with Crippen molar-refractivity contribution in [3.05, 3.63) is 0 Å². The Morgan fingerprint density at radius 2 is 1.91 bits per heavy atom. The van der Waals surface area contributed by atoms with Gasteiger partial charge in [-0.1, -0.05) is 33.6 Å². The first kappa shape index (κ1) is 10.7. The van der Waals surface area contributed by atoms with Crippen LogP contribution in [0.2, 0.25) is 0 Å². The summed E-state index contributed by atoms with van der Waals surface area (Å²) in [4.78, 5) is 11.2. The van der Waals surface area contributed by atoms with Gasteiger partial charge in [-0.2, -0.15) is 0 Å². The standard InChI is InChI=1S/C10H20O/c1-5-7-8-10(4,6-2)9(3)11/h5-8H2,1-4H3. The minimum atomic E-state index is -0.0456. The molecule has 0 radical (unpaired) electrons. The van der Waals surface area contributed by atoms with Crippen molar-refractivity contribution in [1.82, 2.24) is 0 Å². The molecule has 66 valence electrons. The van der Waals surface area contributed by atoms with Gasteiger partial charge in [0.25, 0.3) is 0 Å². The van der Waals surface area contributed by atoms with Gasteiger partial charge in [0, 0.05) is 5.41 Å². The highest BCUT2D eigenvalue weighted by molar-refractivity contribution is 5.81. The van der Waals surface area contributed by atoms with Gasteiger partial charge >= 0.3 is 0 Å². The number of Topliss-reactive ketones (excluding diaryl/α,β-unsaturated/α-hetero) is 1. The molecule has 0 spiro atoms. The average molecular weight is 156 g/mol. The van der Waals surface area contributed by atoms with Crippen LogP contribution >= 0.6 is 0 Å². The molecule has 1 unspecified atom stereocenters. The maximum absolute atomic E-state index is 11.2. The Hall–Kier alpha value is -0.330. The van der Waals surface area contributed by atoms with Crippen LogP contribution in [0.3, 0.4) is 0 Å². The fourth-order valence-corrected chi connectivity index (χ4v) is 1.17. The third kappa shape index (κ3) is 3.04. The third-order valence-electron chi connectivity index (χ3n) is 2.71. The summed E-state index contributed by atoms with van der Waals surface area (Å²) in [6.45, 7) is 8.04. The molecule has 11 heavy (non-hydrogen) atoms. The van der Waals surface area contributed by atoms with E-state index in [1.54, 1.807) is 6.92 Å². The molecular weight excluding hydrogens is 136 g/mol. The number of unbranched alkanes of at least 4 members (excludes halogenated alkanes) is 1. The van der Waals surface area contributed by atoms with Crippen molar-refractivity contribution in [1.29, 1.82) is 0 Å². The second kappa shape index (κ2) is 4.53. The van der Waals surface area contributed by atoms with Crippen LogP contribution in [0, 0.1) is 5.41 Å². The molecule has 0 aromatic heterocycles. The number of carbonyl (C=O) groups is 1. The normalized spacial score (nSPS) is 16.0. The van der Waals surface area contributed by atoms with Crippen LogP contribution in [0.5, 0.6) is 0 Å². The van der Waals surface area contributed by atoms with Crippen molar-refractivity contribution in [2.24, 2.45) is 5.41 Å². The maximum Gasteiger partial charge on any atom is 0.135 e. The van der Waals surface area contributed by atoms with Crippen LogP contribution in [-0.4, -0.2) is 5.78 Å². The van der Waals surface area contributed by atoms with E-state index in [-0.39, 0.29) is 5.41 Å². The van der Waals surface area contributed by atoms with E-state index in [4.69, 9.17) is 0 Å². The lowest BCUT2D eigenvalue weighted by Crippen LogP contribution is -2.24. The van der Waals surface area contributed by atoms with Crippen LogP contribution in [0.15, 0.2) is 0 Å². The third-order valence-corrected chi connectivity index (χ3v) is 2.71. The summed E-state index contributed by atoms with van der Waals surface area (Å²) in [5.41, 5.74) is -0.0456. The van der Waals surface area contributed by atoms with Crippen molar-refractivity contribution < 1.29 is 4.79 Å². The first-order valence-corrected chi connectivity index (χ1v) is 4.58. The van der Waals surface area contributed by atoms with Gasteiger partial charge in [0.05, 0.1) is 0 Å². The SMILES string of the molecule is CCCCC(C)(CC)C(C)=O. The Bertz CT molecular complexity index is 129. The van der Waals surface area contributed by atoms with Crippen LogP contribution in [0.4, 0.5) is 0 Å². The van der Waals surface area contributed by atoms with E-state index in [0.717, 1.165) is 12.8 Å². The van der Waals surface area contributed by atoms with Crippen molar-refractivity contribution in [2.75, 3.05) is 0 Å². The van der Waals surface area contributed by atoms with Crippen molar-refractivity contribution >= 4 is 5.78 Å². The predicted octanol–water partition coefficient (Wildman–Crippen LogP) is 3.18. The number of rotatable bonds is 5. The van der Waals surface area contributed by atoms with E-state index in [1.165, 1.54) is 12.8 Å². The topological polar surface area (TPSA) is 17.1 Å². The van der Waals surface area contributed by atoms with Crippen molar-refractivity contribution in [3.8, 4) is 0 Å². The highest BCUT2D eigenvalue weighted by atomic mass is 16.1. The first-order valence-electron chi connectivity index (χ1n) is 4.58. The molecule has 0 aromatic carbocycles. The molecule has 0 bridgehead atoms. The quantitative estimate of drug-likeness (QED) is 0.597. The Morgan fingerprint density at radius 1 is 1.36 bits per heavy atom. The molecule has 0 rings (SSSR count). The molecule has 1 nitrogen and oxygen atoms in total. The van der Waals surface area contributed by atoms with Gasteiger partial charge < -0.3 is 0 Å². The van der Waals surface area contributed by atoms with Gasteiger partial charge in [-0.05, 0) is 19.8 Å². The van der Waals surface area contributed by atoms with E-state index < -0.39 is 0 Å². The zero-order valence-corrected chi connectivity index (χ0v) is 8.24. The molecule has 0 saturated carbocycles. The summed E-state index contributed by atoms with van der Waals surface area (Å²) in [5, 5.41) is 0. The van der Waals surface area contributed by atoms with Crippen LogP contribution < -0.4 is 0 Å². The molecule has 1 atom stereocenters. The van der Waals surface area contributed by atoms with E-state index in [1.807, 2.05) is 0 Å². The number of hydrogen-bond donors (Lipinski definition) is 0. The zero-order chi connectivity index (χ0) is 8.91. The highest BCUT2D eigenvalue weighted by Crippen LogP contribution is 2.28. The van der Waals surface area contributed by atoms with Gasteiger partial charge in [0.15, 0.2) is 0 Å².